The molecule has 8 nitrogen and oxygen atoms in total. The van der Waals surface area contributed by atoms with Gasteiger partial charge in [-0.1, -0.05) is 23.7 Å². The van der Waals surface area contributed by atoms with Crippen LogP contribution >= 0.6 is 11.6 Å². The molecule has 0 amide bonds. The van der Waals surface area contributed by atoms with Crippen LogP contribution in [-0.2, 0) is 24.4 Å². The number of carboxylic acid groups (broad SMARTS) is 1. The van der Waals surface area contributed by atoms with Gasteiger partial charge in [-0.25, -0.2) is 19.2 Å². The molecule has 1 atom stereocenters. The summed E-state index contributed by atoms with van der Waals surface area (Å²) < 4.78 is 27.9. The van der Waals surface area contributed by atoms with Crippen molar-refractivity contribution in [2.45, 2.75) is 51.3 Å². The Morgan fingerprint density at radius 2 is 1.95 bits per heavy atom. The molecule has 42 heavy (non-hydrogen) atoms. The molecule has 0 aliphatic carbocycles. The summed E-state index contributed by atoms with van der Waals surface area (Å²) >= 11 is 5.85. The van der Waals surface area contributed by atoms with Crippen molar-refractivity contribution in [3.8, 4) is 5.88 Å². The van der Waals surface area contributed by atoms with Gasteiger partial charge in [0.1, 0.15) is 18.2 Å². The van der Waals surface area contributed by atoms with Crippen molar-refractivity contribution in [1.82, 2.24) is 19.4 Å². The third-order valence-corrected chi connectivity index (χ3v) is 8.51. The van der Waals surface area contributed by atoms with E-state index in [1.54, 1.807) is 30.3 Å². The average molecular weight is 593 g/mol. The summed E-state index contributed by atoms with van der Waals surface area (Å²) in [4.78, 5) is 23.8. The molecule has 1 N–H and O–H groups in total. The molecular formula is C32H34ClFN4O4. The normalized spacial score (nSPS) is 18.4. The number of carboxylic acids is 1. The van der Waals surface area contributed by atoms with E-state index in [2.05, 4.69) is 9.47 Å². The van der Waals surface area contributed by atoms with Crippen molar-refractivity contribution in [2.75, 3.05) is 26.3 Å². The zero-order chi connectivity index (χ0) is 29.1. The van der Waals surface area contributed by atoms with Crippen molar-refractivity contribution >= 4 is 28.6 Å². The molecule has 2 aliphatic rings. The molecule has 0 radical (unpaired) electrons. The molecule has 10 heteroatoms. The molecule has 2 fully saturated rings. The summed E-state index contributed by atoms with van der Waals surface area (Å²) in [6, 6.07) is 15.5. The van der Waals surface area contributed by atoms with Crippen molar-refractivity contribution in [3.63, 3.8) is 0 Å². The number of ether oxygens (including phenoxy) is 2. The fraction of sp³-hybridized carbons (Fsp3) is 0.406. The van der Waals surface area contributed by atoms with Gasteiger partial charge in [0.15, 0.2) is 0 Å². The highest BCUT2D eigenvalue weighted by atomic mass is 35.5. The fourth-order valence-corrected chi connectivity index (χ4v) is 6.11. The lowest BCUT2D eigenvalue weighted by Gasteiger charge is -2.32. The average Bonchev–Trinajstić information content (AvgIpc) is 3.33. The van der Waals surface area contributed by atoms with Gasteiger partial charge in [-0.3, -0.25) is 4.90 Å². The van der Waals surface area contributed by atoms with Crippen LogP contribution in [0.4, 0.5) is 4.39 Å². The molecule has 2 saturated heterocycles. The maximum absolute atomic E-state index is 14.1. The summed E-state index contributed by atoms with van der Waals surface area (Å²) in [5, 5.41) is 9.93. The Balaban J connectivity index is 1.12. The van der Waals surface area contributed by atoms with Crippen LogP contribution in [0.3, 0.4) is 0 Å². The van der Waals surface area contributed by atoms with Crippen molar-refractivity contribution < 1.29 is 23.8 Å². The van der Waals surface area contributed by atoms with Gasteiger partial charge in [0.25, 0.3) is 0 Å². The SMILES string of the molecule is O=C(O)c1ccc2nc(CN3CCC(c4cccc(OCc5ccc(Cl)cc5F)n4)CC3)n(CC3CCCOC3)c2c1. The third kappa shape index (κ3) is 6.59. The lowest BCUT2D eigenvalue weighted by atomic mass is 9.93. The Kier molecular flexibility index (Phi) is 8.69. The summed E-state index contributed by atoms with van der Waals surface area (Å²) in [5.74, 6) is 0.785. The van der Waals surface area contributed by atoms with Crippen LogP contribution in [0.1, 0.15) is 59.0 Å². The smallest absolute Gasteiger partial charge is 0.335 e. The number of aromatic nitrogens is 3. The van der Waals surface area contributed by atoms with Crippen molar-refractivity contribution in [3.05, 3.63) is 88.1 Å². The molecule has 4 heterocycles. The molecule has 6 rings (SSSR count). The Bertz CT molecular complexity index is 1560. The first-order chi connectivity index (χ1) is 20.4. The van der Waals surface area contributed by atoms with E-state index in [0.717, 1.165) is 74.5 Å². The number of halogens is 2. The van der Waals surface area contributed by atoms with E-state index in [0.29, 0.717) is 41.5 Å². The van der Waals surface area contributed by atoms with Gasteiger partial charge in [0.05, 0.1) is 29.7 Å². The van der Waals surface area contributed by atoms with E-state index in [4.69, 9.17) is 31.0 Å². The zero-order valence-electron chi connectivity index (χ0n) is 23.3. The summed E-state index contributed by atoms with van der Waals surface area (Å²) in [5.41, 5.74) is 3.37. The van der Waals surface area contributed by atoms with Crippen LogP contribution in [0, 0.1) is 11.7 Å². The second-order valence-electron chi connectivity index (χ2n) is 11.2. The molecule has 0 saturated carbocycles. The predicted molar refractivity (Wildman–Crippen MR) is 157 cm³/mol. The fourth-order valence-electron chi connectivity index (χ4n) is 5.96. The van der Waals surface area contributed by atoms with Crippen LogP contribution < -0.4 is 4.74 Å². The maximum atomic E-state index is 14.1. The van der Waals surface area contributed by atoms with Gasteiger partial charge in [-0.2, -0.15) is 0 Å². The highest BCUT2D eigenvalue weighted by molar-refractivity contribution is 6.30. The first-order valence-corrected chi connectivity index (χ1v) is 14.9. The lowest BCUT2D eigenvalue weighted by molar-refractivity contribution is 0.0481. The predicted octanol–water partition coefficient (Wildman–Crippen LogP) is 6.31. The zero-order valence-corrected chi connectivity index (χ0v) is 24.1. The Hall–Kier alpha value is -3.53. The minimum Gasteiger partial charge on any atom is -0.478 e. The van der Waals surface area contributed by atoms with E-state index >= 15 is 0 Å². The number of piperidine rings is 1. The molecule has 4 aromatic rings. The van der Waals surface area contributed by atoms with Gasteiger partial charge in [0.2, 0.25) is 5.88 Å². The van der Waals surface area contributed by atoms with E-state index in [-0.39, 0.29) is 12.2 Å². The number of aromatic carboxylic acids is 1. The van der Waals surface area contributed by atoms with Crippen molar-refractivity contribution in [1.29, 1.82) is 0 Å². The number of fused-ring (bicyclic) bond motifs is 1. The molecule has 1 unspecified atom stereocenters. The number of benzene rings is 2. The molecule has 2 aliphatic heterocycles. The van der Waals surface area contributed by atoms with Gasteiger partial charge in [-0.05, 0) is 75.2 Å². The van der Waals surface area contributed by atoms with Gasteiger partial charge in [0, 0.05) is 47.3 Å². The second kappa shape index (κ2) is 12.8. The molecule has 220 valence electrons. The molecule has 0 spiro atoms. The first-order valence-electron chi connectivity index (χ1n) is 14.5. The lowest BCUT2D eigenvalue weighted by Crippen LogP contribution is -2.34. The Morgan fingerprint density at radius 1 is 1.10 bits per heavy atom. The topological polar surface area (TPSA) is 89.7 Å². The van der Waals surface area contributed by atoms with Crippen LogP contribution in [-0.4, -0.2) is 56.8 Å². The highest BCUT2D eigenvalue weighted by Crippen LogP contribution is 2.30. The minimum atomic E-state index is -0.936. The summed E-state index contributed by atoms with van der Waals surface area (Å²) in [6.45, 7) is 4.85. The summed E-state index contributed by atoms with van der Waals surface area (Å²) in [6.07, 6.45) is 4.02. The number of rotatable bonds is 9. The maximum Gasteiger partial charge on any atom is 0.335 e. The van der Waals surface area contributed by atoms with Crippen LogP contribution in [0.5, 0.6) is 5.88 Å². The largest absolute Gasteiger partial charge is 0.478 e. The number of hydrogen-bond donors (Lipinski definition) is 1. The molecule has 2 aromatic carbocycles. The number of imidazole rings is 1. The Labute approximate surface area is 249 Å². The molecule has 0 bridgehead atoms. The van der Waals surface area contributed by atoms with Crippen LogP contribution in [0.25, 0.3) is 11.0 Å². The van der Waals surface area contributed by atoms with E-state index in [1.807, 2.05) is 18.2 Å². The molecule has 2 aromatic heterocycles. The first kappa shape index (κ1) is 28.6. The van der Waals surface area contributed by atoms with Gasteiger partial charge < -0.3 is 19.1 Å². The van der Waals surface area contributed by atoms with Crippen LogP contribution in [0.2, 0.25) is 5.02 Å². The van der Waals surface area contributed by atoms with Crippen molar-refractivity contribution in [2.24, 2.45) is 5.92 Å². The number of carbonyl (C=O) groups is 1. The number of likely N-dealkylation sites (tertiary alicyclic amines) is 1. The van der Waals surface area contributed by atoms with E-state index < -0.39 is 11.8 Å². The highest BCUT2D eigenvalue weighted by Gasteiger charge is 2.25. The Morgan fingerprint density at radius 3 is 2.71 bits per heavy atom. The van der Waals surface area contributed by atoms with Gasteiger partial charge in [-0.15, -0.1) is 0 Å². The van der Waals surface area contributed by atoms with E-state index in [1.165, 1.54) is 6.07 Å². The third-order valence-electron chi connectivity index (χ3n) is 8.28. The number of nitrogens with zero attached hydrogens (tertiary/aromatic N) is 4. The monoisotopic (exact) mass is 592 g/mol. The summed E-state index contributed by atoms with van der Waals surface area (Å²) in [7, 11) is 0. The second-order valence-corrected chi connectivity index (χ2v) is 11.6. The number of hydrogen-bond acceptors (Lipinski definition) is 6. The van der Waals surface area contributed by atoms with Gasteiger partial charge >= 0.3 is 5.97 Å². The van der Waals surface area contributed by atoms with E-state index in [9.17, 15) is 14.3 Å². The van der Waals surface area contributed by atoms with Crippen LogP contribution in [0.15, 0.2) is 54.6 Å². The standard InChI is InChI=1S/C32H34ClFN4O4/c33-25-8-6-24(26(34)16-25)20-42-31-5-1-4-27(36-31)22-10-12-37(13-11-22)18-30-35-28-9-7-23(32(39)40)15-29(28)38(30)17-21-3-2-14-41-19-21/h1,4-9,15-16,21-22H,2-3,10-14,17-20H2,(H,39,40). The minimum absolute atomic E-state index is 0.0832. The number of pyridine rings is 1. The molecular weight excluding hydrogens is 559 g/mol. The quantitative estimate of drug-likeness (QED) is 0.244.